The van der Waals surface area contributed by atoms with E-state index in [0.717, 1.165) is 49.2 Å². The van der Waals surface area contributed by atoms with Crippen LogP contribution in [0.2, 0.25) is 0 Å². The number of carbonyl (C=O) groups is 2. The van der Waals surface area contributed by atoms with Gasteiger partial charge in [0.2, 0.25) is 10.0 Å². The number of likely N-dealkylation sites (N-methyl/N-ethyl adjacent to an activating group) is 1. The number of sulfonamides is 1. The zero-order valence-corrected chi connectivity index (χ0v) is 25.5. The molecule has 1 aromatic carbocycles. The van der Waals surface area contributed by atoms with Crippen LogP contribution in [0.4, 0.5) is 5.00 Å². The SMILES string of the molecule is CCCN(CCC)C(=O)c1c(NC(=O)c2ccc(S(=O)(=O)N3CC(C)CC(C)C3)cc2)sc2c1CCN(C)C2. The highest BCUT2D eigenvalue weighted by Crippen LogP contribution is 2.38. The number of hydrogen-bond acceptors (Lipinski definition) is 6. The van der Waals surface area contributed by atoms with Crippen LogP contribution in [0.3, 0.4) is 0 Å². The van der Waals surface area contributed by atoms with E-state index in [0.29, 0.717) is 54.1 Å². The topological polar surface area (TPSA) is 90.0 Å². The number of rotatable bonds is 9. The Balaban J connectivity index is 1.58. The largest absolute Gasteiger partial charge is 0.339 e. The van der Waals surface area contributed by atoms with Gasteiger partial charge in [-0.25, -0.2) is 8.42 Å². The van der Waals surface area contributed by atoms with E-state index in [2.05, 4.69) is 45.0 Å². The van der Waals surface area contributed by atoms with Crippen molar-refractivity contribution in [2.75, 3.05) is 45.1 Å². The first kappa shape index (κ1) is 29.7. The second-order valence-electron chi connectivity index (χ2n) is 11.2. The highest BCUT2D eigenvalue weighted by Gasteiger charge is 2.33. The van der Waals surface area contributed by atoms with Crippen molar-refractivity contribution in [3.8, 4) is 0 Å². The average Bonchev–Trinajstić information content (AvgIpc) is 3.24. The van der Waals surface area contributed by atoms with Crippen molar-refractivity contribution in [1.29, 1.82) is 0 Å². The highest BCUT2D eigenvalue weighted by molar-refractivity contribution is 7.89. The minimum Gasteiger partial charge on any atom is -0.339 e. The fourth-order valence-corrected chi connectivity index (χ4v) is 8.76. The van der Waals surface area contributed by atoms with Crippen LogP contribution in [0.1, 0.15) is 78.1 Å². The first-order valence-electron chi connectivity index (χ1n) is 14.1. The third kappa shape index (κ3) is 6.56. The monoisotopic (exact) mass is 574 g/mol. The maximum atomic E-state index is 13.7. The molecule has 0 bridgehead atoms. The zero-order valence-electron chi connectivity index (χ0n) is 23.8. The van der Waals surface area contributed by atoms with Crippen molar-refractivity contribution in [2.24, 2.45) is 11.8 Å². The molecule has 2 aliphatic heterocycles. The Hall–Kier alpha value is -2.27. The molecule has 1 aromatic heterocycles. The fourth-order valence-electron chi connectivity index (χ4n) is 5.76. The minimum absolute atomic E-state index is 0.0255. The van der Waals surface area contributed by atoms with Gasteiger partial charge in [0.25, 0.3) is 11.8 Å². The van der Waals surface area contributed by atoms with E-state index in [1.807, 2.05) is 4.90 Å². The number of amides is 2. The Morgan fingerprint density at radius 3 is 2.26 bits per heavy atom. The molecule has 0 saturated carbocycles. The Morgan fingerprint density at radius 2 is 1.67 bits per heavy atom. The lowest BCUT2D eigenvalue weighted by Crippen LogP contribution is -2.42. The predicted molar refractivity (Wildman–Crippen MR) is 157 cm³/mol. The number of anilines is 1. The Kier molecular flexibility index (Phi) is 9.52. The summed E-state index contributed by atoms with van der Waals surface area (Å²) in [6, 6.07) is 6.14. The normalized spacial score (nSPS) is 20.4. The highest BCUT2D eigenvalue weighted by atomic mass is 32.2. The van der Waals surface area contributed by atoms with E-state index in [4.69, 9.17) is 0 Å². The number of piperidine rings is 1. The van der Waals surface area contributed by atoms with Crippen LogP contribution in [0.5, 0.6) is 0 Å². The molecular weight excluding hydrogens is 532 g/mol. The van der Waals surface area contributed by atoms with Crippen molar-refractivity contribution in [3.63, 3.8) is 0 Å². The first-order chi connectivity index (χ1) is 18.5. The summed E-state index contributed by atoms with van der Waals surface area (Å²) in [7, 11) is -1.57. The van der Waals surface area contributed by atoms with Gasteiger partial charge in [-0.05, 0) is 74.4 Å². The maximum absolute atomic E-state index is 13.7. The van der Waals surface area contributed by atoms with E-state index in [-0.39, 0.29) is 16.7 Å². The quantitative estimate of drug-likeness (QED) is 0.459. The molecule has 10 heteroatoms. The predicted octanol–water partition coefficient (Wildman–Crippen LogP) is 4.92. The van der Waals surface area contributed by atoms with Crippen LogP contribution in [0.25, 0.3) is 0 Å². The Labute approximate surface area is 237 Å². The molecule has 1 saturated heterocycles. The zero-order chi connectivity index (χ0) is 28.3. The molecule has 39 heavy (non-hydrogen) atoms. The van der Waals surface area contributed by atoms with Gasteiger partial charge in [-0.2, -0.15) is 4.31 Å². The number of nitrogens with one attached hydrogen (secondary N) is 1. The number of hydrogen-bond donors (Lipinski definition) is 1. The van der Waals surface area contributed by atoms with Crippen molar-refractivity contribution in [1.82, 2.24) is 14.1 Å². The smallest absolute Gasteiger partial charge is 0.257 e. The molecule has 1 fully saturated rings. The summed E-state index contributed by atoms with van der Waals surface area (Å²) in [6.45, 7) is 12.3. The van der Waals surface area contributed by atoms with Gasteiger partial charge < -0.3 is 15.1 Å². The summed E-state index contributed by atoms with van der Waals surface area (Å²) in [4.78, 5) is 32.5. The molecule has 214 valence electrons. The lowest BCUT2D eigenvalue weighted by Gasteiger charge is -2.34. The molecule has 2 aromatic rings. The van der Waals surface area contributed by atoms with Crippen LogP contribution in [-0.2, 0) is 23.0 Å². The van der Waals surface area contributed by atoms with Crippen LogP contribution in [0.15, 0.2) is 29.2 Å². The Morgan fingerprint density at radius 1 is 1.05 bits per heavy atom. The lowest BCUT2D eigenvalue weighted by atomic mass is 9.94. The van der Waals surface area contributed by atoms with Gasteiger partial charge in [0.15, 0.2) is 0 Å². The van der Waals surface area contributed by atoms with E-state index in [1.165, 1.54) is 23.5 Å². The summed E-state index contributed by atoms with van der Waals surface area (Å²) in [5.74, 6) is 0.250. The van der Waals surface area contributed by atoms with Crippen LogP contribution < -0.4 is 5.32 Å². The van der Waals surface area contributed by atoms with Crippen molar-refractivity contribution >= 4 is 38.2 Å². The van der Waals surface area contributed by atoms with E-state index in [1.54, 1.807) is 16.4 Å². The molecule has 2 amide bonds. The lowest BCUT2D eigenvalue weighted by molar-refractivity contribution is 0.0755. The molecule has 0 radical (unpaired) electrons. The summed E-state index contributed by atoms with van der Waals surface area (Å²) in [5, 5.41) is 3.58. The molecule has 8 nitrogen and oxygen atoms in total. The van der Waals surface area contributed by atoms with Crippen molar-refractivity contribution in [3.05, 3.63) is 45.8 Å². The minimum atomic E-state index is -3.63. The Bertz CT molecular complexity index is 1270. The fraction of sp³-hybridized carbons (Fsp3) is 0.586. The van der Waals surface area contributed by atoms with E-state index < -0.39 is 10.0 Å². The maximum Gasteiger partial charge on any atom is 0.257 e. The van der Waals surface area contributed by atoms with Crippen LogP contribution in [0, 0.1) is 11.8 Å². The van der Waals surface area contributed by atoms with Crippen LogP contribution >= 0.6 is 11.3 Å². The van der Waals surface area contributed by atoms with Crippen LogP contribution in [-0.4, -0.2) is 74.1 Å². The van der Waals surface area contributed by atoms with Gasteiger partial charge in [0.05, 0.1) is 10.5 Å². The molecule has 0 spiro atoms. The standard InChI is InChI=1S/C29H42N4O4S2/c1-6-13-32(14-7-2)29(35)26-24-12-15-31(5)19-25(24)38-28(26)30-27(34)22-8-10-23(11-9-22)39(36,37)33-17-20(3)16-21(4)18-33/h8-11,20-21H,6-7,12-19H2,1-5H3,(H,30,34). The van der Waals surface area contributed by atoms with Crippen molar-refractivity contribution in [2.45, 2.75) is 64.8 Å². The summed E-state index contributed by atoms with van der Waals surface area (Å²) in [5.41, 5.74) is 2.02. The number of nitrogens with zero attached hydrogens (tertiary/aromatic N) is 3. The molecule has 2 aliphatic rings. The molecule has 3 heterocycles. The molecule has 2 unspecified atom stereocenters. The number of fused-ring (bicyclic) bond motifs is 1. The average molecular weight is 575 g/mol. The third-order valence-corrected chi connectivity index (χ3v) is 10.5. The third-order valence-electron chi connectivity index (χ3n) is 7.55. The summed E-state index contributed by atoms with van der Waals surface area (Å²) >= 11 is 1.47. The number of thiophene rings is 1. The van der Waals surface area contributed by atoms with Gasteiger partial charge in [0, 0.05) is 49.7 Å². The second kappa shape index (κ2) is 12.5. The summed E-state index contributed by atoms with van der Waals surface area (Å²) in [6.07, 6.45) is 3.53. The van der Waals surface area contributed by atoms with Crippen molar-refractivity contribution < 1.29 is 18.0 Å². The van der Waals surface area contributed by atoms with Gasteiger partial charge in [-0.3, -0.25) is 9.59 Å². The first-order valence-corrected chi connectivity index (χ1v) is 16.3. The van der Waals surface area contributed by atoms with Gasteiger partial charge in [0.1, 0.15) is 5.00 Å². The molecule has 2 atom stereocenters. The molecule has 0 aliphatic carbocycles. The van der Waals surface area contributed by atoms with E-state index in [9.17, 15) is 18.0 Å². The molecule has 4 rings (SSSR count). The number of carbonyl (C=O) groups excluding carboxylic acids is 2. The van der Waals surface area contributed by atoms with Gasteiger partial charge in [-0.1, -0.05) is 27.7 Å². The molecular formula is C29H42N4O4S2. The summed E-state index contributed by atoms with van der Waals surface area (Å²) < 4.78 is 28.1. The van der Waals surface area contributed by atoms with E-state index >= 15 is 0 Å². The van der Waals surface area contributed by atoms with Gasteiger partial charge in [-0.15, -0.1) is 11.3 Å². The second-order valence-corrected chi connectivity index (χ2v) is 14.3. The number of benzene rings is 1. The van der Waals surface area contributed by atoms with Gasteiger partial charge >= 0.3 is 0 Å². The molecule has 1 N–H and O–H groups in total.